The zero-order valence-electron chi connectivity index (χ0n) is 44.4. The summed E-state index contributed by atoms with van der Waals surface area (Å²) in [7, 11) is 0.665. The number of aliphatic carboxylic acids is 1. The Labute approximate surface area is 452 Å². The van der Waals surface area contributed by atoms with Crippen LogP contribution in [0.2, 0.25) is 0 Å². The lowest BCUT2D eigenvalue weighted by Gasteiger charge is -2.23. The highest BCUT2D eigenvalue weighted by Gasteiger charge is 2.27. The highest BCUT2D eigenvalue weighted by molar-refractivity contribution is 8.10. The molecule has 0 saturated carbocycles. The SMILES string of the molecule is C.CCCCC(=O)OCCl.Cc1ccc(C[C@H](NC(=O)OC(C)(C)C)C(=O)O)cc1C.Cc1ccc(C[C@H](NC(=O)OC(C)(C)C)C(=O)OCOC(=O)CCCNC(=O)OC(C)(C)C)cc1C.O=S(=O)(Cl)OCCl. The predicted octanol–water partition coefficient (Wildman–Crippen LogP) is 10.1. The zero-order chi connectivity index (χ0) is 56.8. The second-order valence-electron chi connectivity index (χ2n) is 19.0. The van der Waals surface area contributed by atoms with E-state index in [1.165, 1.54) is 0 Å². The number of hydrogen-bond donors (Lipinski definition) is 4. The molecule has 0 aliphatic heterocycles. The number of carboxylic acids is 1. The normalized spacial score (nSPS) is 11.7. The Morgan fingerprint density at radius 2 is 1.03 bits per heavy atom. The van der Waals surface area contributed by atoms with E-state index < -0.39 is 87.3 Å². The van der Waals surface area contributed by atoms with Crippen molar-refractivity contribution in [2.45, 2.75) is 178 Å². The van der Waals surface area contributed by atoms with E-state index in [1.54, 1.807) is 62.3 Å². The van der Waals surface area contributed by atoms with Gasteiger partial charge in [0.2, 0.25) is 6.79 Å². The fourth-order valence-corrected chi connectivity index (χ4v) is 6.05. The molecule has 0 saturated heterocycles. The van der Waals surface area contributed by atoms with Crippen molar-refractivity contribution in [2.24, 2.45) is 0 Å². The molecule has 74 heavy (non-hydrogen) atoms. The van der Waals surface area contributed by atoms with Gasteiger partial charge in [-0.15, -0.1) is 0 Å². The number of amides is 3. The number of esters is 3. The quantitative estimate of drug-likeness (QED) is 0.0240. The maximum atomic E-state index is 12.7. The van der Waals surface area contributed by atoms with Crippen LogP contribution in [0.3, 0.4) is 0 Å². The maximum absolute atomic E-state index is 12.7. The van der Waals surface area contributed by atoms with Crippen molar-refractivity contribution in [3.8, 4) is 0 Å². The van der Waals surface area contributed by atoms with Crippen molar-refractivity contribution >= 4 is 85.4 Å². The summed E-state index contributed by atoms with van der Waals surface area (Å²) in [6, 6.07) is 8.95. The van der Waals surface area contributed by atoms with Gasteiger partial charge in [0, 0.05) is 42.9 Å². The van der Waals surface area contributed by atoms with Crippen LogP contribution in [-0.4, -0.2) is 110 Å². The lowest BCUT2D eigenvalue weighted by atomic mass is 10.0. The van der Waals surface area contributed by atoms with Gasteiger partial charge in [0.1, 0.15) is 35.0 Å². The molecule has 20 nitrogen and oxygen atoms in total. The number of carboxylic acid groups (broad SMARTS) is 1. The highest BCUT2D eigenvalue weighted by atomic mass is 35.7. The Balaban J connectivity index is -0.00000110. The molecule has 0 radical (unpaired) electrons. The van der Waals surface area contributed by atoms with Crippen molar-refractivity contribution in [1.29, 1.82) is 0 Å². The predicted molar refractivity (Wildman–Crippen MR) is 283 cm³/mol. The average molecular weight is 1130 g/mol. The van der Waals surface area contributed by atoms with Gasteiger partial charge in [0.25, 0.3) is 0 Å². The Hall–Kier alpha value is -5.09. The number of ether oxygens (including phenoxy) is 6. The van der Waals surface area contributed by atoms with Gasteiger partial charge in [-0.05, 0) is 136 Å². The van der Waals surface area contributed by atoms with Crippen molar-refractivity contribution < 1.29 is 79.7 Å². The smallest absolute Gasteiger partial charge is 0.408 e. The van der Waals surface area contributed by atoms with Gasteiger partial charge >= 0.3 is 51.5 Å². The van der Waals surface area contributed by atoms with Crippen molar-refractivity contribution in [2.75, 3.05) is 25.5 Å². The maximum Gasteiger partial charge on any atom is 0.408 e. The first kappa shape index (κ1) is 73.2. The minimum absolute atomic E-state index is 0. The number of nitrogens with one attached hydrogen (secondary N) is 3. The van der Waals surface area contributed by atoms with E-state index in [4.69, 9.17) is 46.9 Å². The Bertz CT molecular complexity index is 2170. The number of benzene rings is 2. The number of rotatable bonds is 20. The van der Waals surface area contributed by atoms with Gasteiger partial charge in [0.05, 0.1) is 0 Å². The number of alkyl halides is 2. The van der Waals surface area contributed by atoms with Crippen LogP contribution in [0.4, 0.5) is 14.4 Å². The van der Waals surface area contributed by atoms with E-state index in [9.17, 15) is 47.1 Å². The summed E-state index contributed by atoms with van der Waals surface area (Å²) in [6.07, 6.45) is 1.05. The van der Waals surface area contributed by atoms with Crippen LogP contribution in [0.25, 0.3) is 0 Å². The lowest BCUT2D eigenvalue weighted by molar-refractivity contribution is -0.168. The minimum Gasteiger partial charge on any atom is -0.480 e. The first-order valence-electron chi connectivity index (χ1n) is 23.0. The van der Waals surface area contributed by atoms with E-state index in [-0.39, 0.29) is 45.3 Å². The molecular formula is C50H80Cl3N3O17S. The standard InChI is InChI=1S/C26H40N2O8.C16H23NO4.C6H11ClO2.CH2Cl2O3S.CH4/c1-17-11-12-19(14-18(17)2)15-20(28-24(32)36-26(6,7)8)22(30)34-16-33-21(29)10-9-13-27-23(31)35-25(3,4)5;1-10-6-7-12(8-11(10)2)9-13(14(18)19)17-15(20)21-16(3,4)5;1-2-3-4-6(8)9-5-7;2-1-6-7(3,4)5;/h11-12,14,20H,9-10,13,15-16H2,1-8H3,(H,27,31)(H,28,32);6-8,13H,9H2,1-5H3,(H,17,20)(H,18,19);2-5H2,1H3;1H2;1H4/t20-;13-;;;/m00.../s1. The van der Waals surface area contributed by atoms with E-state index >= 15 is 0 Å². The molecule has 0 fully saturated rings. The Morgan fingerprint density at radius 1 is 0.608 bits per heavy atom. The van der Waals surface area contributed by atoms with Crippen LogP contribution in [-0.2, 0) is 74.0 Å². The van der Waals surface area contributed by atoms with E-state index in [0.717, 1.165) is 46.2 Å². The number of aryl methyl sites for hydroxylation is 4. The third kappa shape index (κ3) is 41.3. The molecule has 0 bridgehead atoms. The number of hydrogen-bond acceptors (Lipinski definition) is 16. The molecule has 0 aromatic heterocycles. The van der Waals surface area contributed by atoms with Crippen LogP contribution in [0.15, 0.2) is 36.4 Å². The third-order valence-corrected chi connectivity index (χ3v) is 9.78. The molecule has 0 aliphatic rings. The van der Waals surface area contributed by atoms with Gasteiger partial charge in [-0.1, -0.05) is 80.4 Å². The second kappa shape index (κ2) is 36.8. The third-order valence-electron chi connectivity index (χ3n) is 8.77. The van der Waals surface area contributed by atoms with E-state index in [2.05, 4.69) is 35.6 Å². The molecule has 2 atom stereocenters. The highest BCUT2D eigenvalue weighted by Crippen LogP contribution is 2.15. The van der Waals surface area contributed by atoms with Crippen LogP contribution >= 0.6 is 33.9 Å². The van der Waals surface area contributed by atoms with Crippen LogP contribution < -0.4 is 16.0 Å². The summed E-state index contributed by atoms with van der Waals surface area (Å²) in [4.78, 5) is 81.9. The average Bonchev–Trinajstić information content (AvgIpc) is 3.22. The molecule has 2 aromatic carbocycles. The second-order valence-corrected chi connectivity index (χ2v) is 21.6. The van der Waals surface area contributed by atoms with Gasteiger partial charge in [-0.2, -0.15) is 8.42 Å². The fourth-order valence-electron chi connectivity index (χ4n) is 5.20. The van der Waals surface area contributed by atoms with Crippen molar-refractivity contribution in [3.05, 3.63) is 69.8 Å². The van der Waals surface area contributed by atoms with Crippen molar-refractivity contribution in [3.63, 3.8) is 0 Å². The molecule has 0 spiro atoms. The largest absolute Gasteiger partial charge is 0.480 e. The monoisotopic (exact) mass is 1130 g/mol. The summed E-state index contributed by atoms with van der Waals surface area (Å²) in [5.41, 5.74) is 4.06. The summed E-state index contributed by atoms with van der Waals surface area (Å²) in [5.74, 6) is -2.65. The van der Waals surface area contributed by atoms with Gasteiger partial charge in [-0.3, -0.25) is 9.59 Å². The first-order valence-corrected chi connectivity index (χ1v) is 26.3. The van der Waals surface area contributed by atoms with Gasteiger partial charge in [0.15, 0.2) is 6.07 Å². The van der Waals surface area contributed by atoms with E-state index in [0.29, 0.717) is 12.8 Å². The molecule has 2 aromatic rings. The van der Waals surface area contributed by atoms with Crippen molar-refractivity contribution in [1.82, 2.24) is 16.0 Å². The van der Waals surface area contributed by atoms with Crippen LogP contribution in [0, 0.1) is 27.7 Å². The van der Waals surface area contributed by atoms with Gasteiger partial charge in [-0.25, -0.2) is 28.2 Å². The molecule has 3 amide bonds. The number of carbonyl (C=O) groups is 7. The summed E-state index contributed by atoms with van der Waals surface area (Å²) in [5, 5.41) is 16.7. The topological polar surface area (TPSA) is 275 Å². The Morgan fingerprint density at radius 3 is 1.41 bits per heavy atom. The molecule has 24 heteroatoms. The molecule has 4 N–H and O–H groups in total. The summed E-state index contributed by atoms with van der Waals surface area (Å²) in [6.45, 7) is 25.1. The molecule has 0 heterocycles. The number of alkyl carbamates (subject to hydrolysis) is 3. The fraction of sp³-hybridized carbons (Fsp3) is 0.620. The summed E-state index contributed by atoms with van der Waals surface area (Å²) < 4.78 is 53.1. The van der Waals surface area contributed by atoms with E-state index in [1.807, 2.05) is 71.0 Å². The zero-order valence-corrected chi connectivity index (χ0v) is 47.5. The van der Waals surface area contributed by atoms with Gasteiger partial charge < -0.3 is 49.5 Å². The lowest BCUT2D eigenvalue weighted by Crippen LogP contribution is -2.45. The summed E-state index contributed by atoms with van der Waals surface area (Å²) >= 11 is 9.93. The number of carbonyl (C=O) groups excluding carboxylic acids is 6. The number of unbranched alkanes of at least 4 members (excludes halogenated alkanes) is 1. The Kier molecular flexibility index (Phi) is 36.4. The minimum atomic E-state index is -3.83. The molecular weight excluding hydrogens is 1050 g/mol. The molecule has 0 aliphatic carbocycles. The molecule has 424 valence electrons. The van der Waals surface area contributed by atoms with Crippen LogP contribution in [0.1, 0.15) is 142 Å². The number of halogens is 3. The molecule has 0 unspecified atom stereocenters. The first-order chi connectivity index (χ1) is 33.5. The van der Waals surface area contributed by atoms with Crippen LogP contribution in [0.5, 0.6) is 0 Å². The molecule has 2 rings (SSSR count).